The molecule has 1 aliphatic rings. The highest BCUT2D eigenvalue weighted by Gasteiger charge is 2.32. The zero-order valence-corrected chi connectivity index (χ0v) is 17.8. The van der Waals surface area contributed by atoms with Crippen molar-refractivity contribution in [1.29, 1.82) is 0 Å². The van der Waals surface area contributed by atoms with Crippen LogP contribution in [0.2, 0.25) is 0 Å². The van der Waals surface area contributed by atoms with Gasteiger partial charge in [0.1, 0.15) is 0 Å². The van der Waals surface area contributed by atoms with Gasteiger partial charge in [-0.2, -0.15) is 0 Å². The van der Waals surface area contributed by atoms with E-state index in [1.165, 1.54) is 0 Å². The van der Waals surface area contributed by atoms with Gasteiger partial charge in [-0.05, 0) is 49.4 Å². The minimum Gasteiger partial charge on any atom is -0.493 e. The van der Waals surface area contributed by atoms with Crippen LogP contribution in [0.25, 0.3) is 0 Å². The van der Waals surface area contributed by atoms with Crippen molar-refractivity contribution in [2.75, 3.05) is 27.3 Å². The van der Waals surface area contributed by atoms with Crippen molar-refractivity contribution < 1.29 is 19.1 Å². The largest absolute Gasteiger partial charge is 0.493 e. The van der Waals surface area contributed by atoms with Crippen molar-refractivity contribution in [2.24, 2.45) is 5.92 Å². The van der Waals surface area contributed by atoms with Gasteiger partial charge in [0.2, 0.25) is 5.91 Å². The number of fused-ring (bicyclic) bond motifs is 1. The lowest BCUT2D eigenvalue weighted by molar-refractivity contribution is -0.122. The lowest BCUT2D eigenvalue weighted by Gasteiger charge is -2.38. The van der Waals surface area contributed by atoms with Gasteiger partial charge in [-0.1, -0.05) is 13.8 Å². The predicted octanol–water partition coefficient (Wildman–Crippen LogP) is 2.88. The first-order chi connectivity index (χ1) is 13.3. The highest BCUT2D eigenvalue weighted by atomic mass is 16.5. The second kappa shape index (κ2) is 9.66. The molecule has 1 atom stereocenters. The number of amides is 3. The van der Waals surface area contributed by atoms with E-state index in [-0.39, 0.29) is 29.9 Å². The van der Waals surface area contributed by atoms with Crippen LogP contribution < -0.4 is 20.1 Å². The smallest absolute Gasteiger partial charge is 0.318 e. The average molecular weight is 392 g/mol. The number of carbonyl (C=O) groups is 2. The van der Waals surface area contributed by atoms with Crippen LogP contribution in [-0.2, 0) is 11.2 Å². The minimum absolute atomic E-state index is 0.00758. The summed E-state index contributed by atoms with van der Waals surface area (Å²) in [5, 5.41) is 5.96. The lowest BCUT2D eigenvalue weighted by Crippen LogP contribution is -2.50. The summed E-state index contributed by atoms with van der Waals surface area (Å²) < 4.78 is 10.9. The molecule has 0 aliphatic carbocycles. The number of methoxy groups -OCH3 is 2. The summed E-state index contributed by atoms with van der Waals surface area (Å²) in [4.78, 5) is 26.8. The van der Waals surface area contributed by atoms with Crippen molar-refractivity contribution in [3.05, 3.63) is 23.3 Å². The molecule has 1 heterocycles. The molecule has 3 amide bonds. The average Bonchev–Trinajstić information content (AvgIpc) is 2.63. The van der Waals surface area contributed by atoms with E-state index in [0.717, 1.165) is 17.5 Å². The standard InChI is InChI=1S/C21H33N3O4/c1-13(2)9-20(25)22-12-17-16-11-19(28-6)18(27-5)10-15(16)7-8-24(17)21(26)23-14(3)4/h10-11,13-14,17H,7-9,12H2,1-6H3,(H,22,25)(H,23,26)/t17-/m0/s1. The van der Waals surface area contributed by atoms with Crippen LogP contribution in [0.1, 0.15) is 51.3 Å². The van der Waals surface area contributed by atoms with Gasteiger partial charge in [0.15, 0.2) is 11.5 Å². The summed E-state index contributed by atoms with van der Waals surface area (Å²) >= 11 is 0. The molecule has 156 valence electrons. The molecule has 0 aromatic heterocycles. The number of hydrogen-bond acceptors (Lipinski definition) is 4. The maximum Gasteiger partial charge on any atom is 0.318 e. The molecular weight excluding hydrogens is 358 g/mol. The Bertz CT molecular complexity index is 703. The molecule has 0 unspecified atom stereocenters. The maximum atomic E-state index is 12.8. The Morgan fingerprint density at radius 2 is 1.79 bits per heavy atom. The number of carbonyl (C=O) groups excluding carboxylic acids is 2. The summed E-state index contributed by atoms with van der Waals surface area (Å²) in [5.74, 6) is 1.56. The highest BCUT2D eigenvalue weighted by molar-refractivity contribution is 5.77. The van der Waals surface area contributed by atoms with Gasteiger partial charge in [0.05, 0.1) is 20.3 Å². The molecule has 0 spiro atoms. The van der Waals surface area contributed by atoms with Gasteiger partial charge in [0, 0.05) is 25.6 Å². The molecule has 7 nitrogen and oxygen atoms in total. The van der Waals surface area contributed by atoms with Gasteiger partial charge in [-0.3, -0.25) is 4.79 Å². The van der Waals surface area contributed by atoms with Crippen molar-refractivity contribution in [1.82, 2.24) is 15.5 Å². The molecule has 0 saturated carbocycles. The Kier molecular flexibility index (Phi) is 7.54. The number of nitrogens with zero attached hydrogens (tertiary/aromatic N) is 1. The Hall–Kier alpha value is -2.44. The van der Waals surface area contributed by atoms with Crippen LogP contribution in [0.3, 0.4) is 0 Å². The number of benzene rings is 1. The van der Waals surface area contributed by atoms with Gasteiger partial charge in [-0.25, -0.2) is 4.79 Å². The van der Waals surface area contributed by atoms with E-state index in [9.17, 15) is 9.59 Å². The fourth-order valence-electron chi connectivity index (χ4n) is 3.47. The van der Waals surface area contributed by atoms with Crippen molar-refractivity contribution in [2.45, 2.75) is 52.6 Å². The summed E-state index contributed by atoms with van der Waals surface area (Å²) in [6, 6.07) is 3.53. The number of nitrogens with one attached hydrogen (secondary N) is 2. The highest BCUT2D eigenvalue weighted by Crippen LogP contribution is 2.38. The predicted molar refractivity (Wildman–Crippen MR) is 109 cm³/mol. The third-order valence-corrected chi connectivity index (χ3v) is 4.76. The molecule has 1 aromatic carbocycles. The van der Waals surface area contributed by atoms with E-state index < -0.39 is 0 Å². The Labute approximate surface area is 167 Å². The van der Waals surface area contributed by atoms with Crippen LogP contribution in [0.4, 0.5) is 4.79 Å². The fourth-order valence-corrected chi connectivity index (χ4v) is 3.47. The van der Waals surface area contributed by atoms with E-state index in [4.69, 9.17) is 9.47 Å². The Balaban J connectivity index is 2.34. The van der Waals surface area contributed by atoms with E-state index in [1.807, 2.05) is 39.8 Å². The first-order valence-electron chi connectivity index (χ1n) is 9.85. The van der Waals surface area contributed by atoms with Gasteiger partial charge in [0.25, 0.3) is 0 Å². The molecule has 0 radical (unpaired) electrons. The molecule has 2 rings (SSSR count). The fraction of sp³-hybridized carbons (Fsp3) is 0.619. The van der Waals surface area contributed by atoms with E-state index in [2.05, 4.69) is 10.6 Å². The molecule has 2 N–H and O–H groups in total. The monoisotopic (exact) mass is 391 g/mol. The van der Waals surface area contributed by atoms with E-state index >= 15 is 0 Å². The summed E-state index contributed by atoms with van der Waals surface area (Å²) in [6.45, 7) is 8.82. The van der Waals surface area contributed by atoms with Crippen molar-refractivity contribution in [3.63, 3.8) is 0 Å². The second-order valence-corrected chi connectivity index (χ2v) is 7.87. The first kappa shape index (κ1) is 21.9. The van der Waals surface area contributed by atoms with Crippen LogP contribution in [-0.4, -0.2) is 50.2 Å². The Morgan fingerprint density at radius 1 is 1.14 bits per heavy atom. The van der Waals surface area contributed by atoms with Crippen LogP contribution in [0.15, 0.2) is 12.1 Å². The third-order valence-electron chi connectivity index (χ3n) is 4.76. The lowest BCUT2D eigenvalue weighted by atomic mass is 9.91. The normalized spacial score (nSPS) is 16.0. The van der Waals surface area contributed by atoms with Crippen LogP contribution >= 0.6 is 0 Å². The molecule has 0 bridgehead atoms. The molecule has 7 heteroatoms. The molecule has 0 saturated heterocycles. The number of ether oxygens (including phenoxy) is 2. The van der Waals surface area contributed by atoms with Crippen LogP contribution in [0, 0.1) is 5.92 Å². The number of rotatable bonds is 7. The van der Waals surface area contributed by atoms with Gasteiger partial charge < -0.3 is 25.0 Å². The van der Waals surface area contributed by atoms with Gasteiger partial charge >= 0.3 is 6.03 Å². The molecule has 1 aliphatic heterocycles. The summed E-state index contributed by atoms with van der Waals surface area (Å²) in [7, 11) is 3.20. The van der Waals surface area contributed by atoms with Gasteiger partial charge in [-0.15, -0.1) is 0 Å². The Morgan fingerprint density at radius 3 is 2.36 bits per heavy atom. The van der Waals surface area contributed by atoms with Crippen LogP contribution in [0.5, 0.6) is 11.5 Å². The van der Waals surface area contributed by atoms with Crippen molar-refractivity contribution in [3.8, 4) is 11.5 Å². The van der Waals surface area contributed by atoms with E-state index in [0.29, 0.717) is 31.0 Å². The SMILES string of the molecule is COc1cc2c(cc1OC)[C@H](CNC(=O)CC(C)C)N(C(=O)NC(C)C)CC2. The molecule has 28 heavy (non-hydrogen) atoms. The zero-order chi connectivity index (χ0) is 20.8. The quantitative estimate of drug-likeness (QED) is 0.749. The van der Waals surface area contributed by atoms with E-state index in [1.54, 1.807) is 19.1 Å². The molecule has 1 aromatic rings. The minimum atomic E-state index is -0.265. The topological polar surface area (TPSA) is 79.9 Å². The third kappa shape index (κ3) is 5.30. The summed E-state index contributed by atoms with van der Waals surface area (Å²) in [5.41, 5.74) is 2.09. The summed E-state index contributed by atoms with van der Waals surface area (Å²) in [6.07, 6.45) is 1.18. The second-order valence-electron chi connectivity index (χ2n) is 7.87. The zero-order valence-electron chi connectivity index (χ0n) is 17.8. The molecular formula is C21H33N3O4. The number of urea groups is 1. The first-order valence-corrected chi connectivity index (χ1v) is 9.85. The number of hydrogen-bond donors (Lipinski definition) is 2. The maximum absolute atomic E-state index is 12.8. The molecule has 0 fully saturated rings. The van der Waals surface area contributed by atoms with Crippen molar-refractivity contribution >= 4 is 11.9 Å².